The molecule has 19 heavy (non-hydrogen) atoms. The highest BCUT2D eigenvalue weighted by Crippen LogP contribution is 2.26. The van der Waals surface area contributed by atoms with Crippen LogP contribution in [0.1, 0.15) is 32.5 Å². The van der Waals surface area contributed by atoms with Crippen molar-refractivity contribution >= 4 is 17.6 Å². The molecule has 5 nitrogen and oxygen atoms in total. The van der Waals surface area contributed by atoms with Gasteiger partial charge >= 0.3 is 0 Å². The van der Waals surface area contributed by atoms with Crippen LogP contribution in [0, 0.1) is 0 Å². The van der Waals surface area contributed by atoms with E-state index in [1.807, 2.05) is 6.07 Å². The minimum Gasteiger partial charge on any atom is -0.440 e. The van der Waals surface area contributed by atoms with Gasteiger partial charge in [-0.3, -0.25) is 0 Å². The van der Waals surface area contributed by atoms with Crippen LogP contribution in [-0.2, 0) is 6.42 Å². The summed E-state index contributed by atoms with van der Waals surface area (Å²) in [4.78, 5) is 13.1. The molecular weight excluding hydrogens is 260 g/mol. The maximum atomic E-state index is 5.23. The summed E-state index contributed by atoms with van der Waals surface area (Å²) in [6.07, 6.45) is 6.16. The van der Waals surface area contributed by atoms with E-state index in [4.69, 9.17) is 4.42 Å². The van der Waals surface area contributed by atoms with E-state index in [0.29, 0.717) is 5.22 Å². The van der Waals surface area contributed by atoms with Gasteiger partial charge in [0.05, 0.1) is 6.20 Å². The number of hydrogen-bond donors (Lipinski definition) is 1. The normalized spacial score (nSPS) is 10.6. The molecule has 0 aromatic carbocycles. The van der Waals surface area contributed by atoms with Gasteiger partial charge in [-0.05, 0) is 24.6 Å². The van der Waals surface area contributed by atoms with Crippen LogP contribution in [0.5, 0.6) is 0 Å². The fourth-order valence-electron chi connectivity index (χ4n) is 1.55. The minimum atomic E-state index is 0.600. The van der Waals surface area contributed by atoms with Crippen molar-refractivity contribution < 1.29 is 4.42 Å². The summed E-state index contributed by atoms with van der Waals surface area (Å²) >= 11 is 1.41. The van der Waals surface area contributed by atoms with Crippen LogP contribution in [0.25, 0.3) is 0 Å². The number of rotatable bonds is 7. The lowest BCUT2D eigenvalue weighted by atomic mass is 10.3. The second-order valence-electron chi connectivity index (χ2n) is 4.08. The number of aryl methyl sites for hydroxylation is 1. The summed E-state index contributed by atoms with van der Waals surface area (Å²) in [5.74, 6) is 1.73. The van der Waals surface area contributed by atoms with E-state index in [9.17, 15) is 0 Å². The van der Waals surface area contributed by atoms with Crippen LogP contribution in [0.3, 0.4) is 0 Å². The van der Waals surface area contributed by atoms with E-state index in [1.54, 1.807) is 12.5 Å². The Morgan fingerprint density at radius 1 is 1.26 bits per heavy atom. The number of oxazole rings is 1. The van der Waals surface area contributed by atoms with Gasteiger partial charge in [-0.15, -0.1) is 0 Å². The monoisotopic (exact) mass is 278 g/mol. The van der Waals surface area contributed by atoms with E-state index >= 15 is 0 Å². The van der Waals surface area contributed by atoms with Crippen LogP contribution in [-0.4, -0.2) is 21.5 Å². The van der Waals surface area contributed by atoms with E-state index in [2.05, 4.69) is 34.1 Å². The predicted molar refractivity (Wildman–Crippen MR) is 75.4 cm³/mol. The Labute approximate surface area is 117 Å². The lowest BCUT2D eigenvalue weighted by Gasteiger charge is -2.07. The molecule has 0 saturated carbocycles. The minimum absolute atomic E-state index is 0.600. The molecule has 1 N–H and O–H groups in total. The van der Waals surface area contributed by atoms with Crippen molar-refractivity contribution in [1.29, 1.82) is 0 Å². The smallest absolute Gasteiger partial charge is 0.261 e. The zero-order valence-corrected chi connectivity index (χ0v) is 12.0. The van der Waals surface area contributed by atoms with Gasteiger partial charge in [0.2, 0.25) is 0 Å². The molecule has 2 heterocycles. The lowest BCUT2D eigenvalue weighted by molar-refractivity contribution is 0.454. The summed E-state index contributed by atoms with van der Waals surface area (Å²) < 4.78 is 5.23. The lowest BCUT2D eigenvalue weighted by Crippen LogP contribution is -2.05. The van der Waals surface area contributed by atoms with E-state index < -0.39 is 0 Å². The molecule has 0 aliphatic rings. The second kappa shape index (κ2) is 7.13. The molecule has 0 atom stereocenters. The average Bonchev–Trinajstić information content (AvgIpc) is 2.89. The molecule has 2 aromatic heterocycles. The Morgan fingerprint density at radius 3 is 2.84 bits per heavy atom. The van der Waals surface area contributed by atoms with Crippen LogP contribution in [0.4, 0.5) is 5.82 Å². The van der Waals surface area contributed by atoms with Gasteiger partial charge in [0.1, 0.15) is 22.9 Å². The highest BCUT2D eigenvalue weighted by Gasteiger charge is 2.08. The second-order valence-corrected chi connectivity index (χ2v) is 5.06. The molecule has 2 rings (SSSR count). The number of aromatic nitrogens is 3. The SMILES string of the molecule is CCCNc1cc(Sc2ncco2)nc(CCC)n1. The van der Waals surface area contributed by atoms with Crippen molar-refractivity contribution in [3.8, 4) is 0 Å². The molecule has 0 radical (unpaired) electrons. The first kappa shape index (κ1) is 13.9. The van der Waals surface area contributed by atoms with Crippen molar-refractivity contribution in [3.63, 3.8) is 0 Å². The first-order valence-electron chi connectivity index (χ1n) is 6.51. The van der Waals surface area contributed by atoms with Crippen molar-refractivity contribution in [2.75, 3.05) is 11.9 Å². The number of anilines is 1. The van der Waals surface area contributed by atoms with Gasteiger partial charge in [0.25, 0.3) is 5.22 Å². The van der Waals surface area contributed by atoms with Crippen molar-refractivity contribution in [2.24, 2.45) is 0 Å². The third-order valence-corrected chi connectivity index (χ3v) is 3.17. The zero-order chi connectivity index (χ0) is 13.5. The fraction of sp³-hybridized carbons (Fsp3) is 0.462. The molecule has 0 saturated heterocycles. The van der Waals surface area contributed by atoms with Gasteiger partial charge in [0, 0.05) is 19.0 Å². The summed E-state index contributed by atoms with van der Waals surface area (Å²) in [6.45, 7) is 5.16. The van der Waals surface area contributed by atoms with E-state index in [1.165, 1.54) is 11.8 Å². The van der Waals surface area contributed by atoms with Gasteiger partial charge in [-0.2, -0.15) is 0 Å². The molecule has 0 unspecified atom stereocenters. The molecule has 0 spiro atoms. The van der Waals surface area contributed by atoms with Crippen LogP contribution in [0.2, 0.25) is 0 Å². The Morgan fingerprint density at radius 2 is 2.16 bits per heavy atom. The molecule has 2 aromatic rings. The first-order chi connectivity index (χ1) is 9.31. The third kappa shape index (κ3) is 4.24. The van der Waals surface area contributed by atoms with Gasteiger partial charge in [-0.25, -0.2) is 15.0 Å². The molecule has 0 aliphatic heterocycles. The number of nitrogens with one attached hydrogen (secondary N) is 1. The largest absolute Gasteiger partial charge is 0.440 e. The number of hydrogen-bond acceptors (Lipinski definition) is 6. The summed E-state index contributed by atoms with van der Waals surface area (Å²) in [5, 5.41) is 4.76. The first-order valence-corrected chi connectivity index (χ1v) is 7.32. The average molecular weight is 278 g/mol. The van der Waals surface area contributed by atoms with E-state index in [0.717, 1.165) is 42.5 Å². The number of nitrogens with zero attached hydrogens (tertiary/aromatic N) is 3. The maximum Gasteiger partial charge on any atom is 0.261 e. The van der Waals surface area contributed by atoms with E-state index in [-0.39, 0.29) is 0 Å². The fourth-order valence-corrected chi connectivity index (χ4v) is 2.27. The van der Waals surface area contributed by atoms with Crippen LogP contribution in [0.15, 0.2) is 33.2 Å². The summed E-state index contributed by atoms with van der Waals surface area (Å²) in [6, 6.07) is 1.93. The Bertz CT molecular complexity index is 501. The van der Waals surface area contributed by atoms with Crippen molar-refractivity contribution in [3.05, 3.63) is 24.4 Å². The Hall–Kier alpha value is -1.56. The van der Waals surface area contributed by atoms with Crippen molar-refractivity contribution in [2.45, 2.75) is 43.4 Å². The third-order valence-electron chi connectivity index (χ3n) is 2.38. The predicted octanol–water partition coefficient (Wildman–Crippen LogP) is 3.39. The van der Waals surface area contributed by atoms with Crippen LogP contribution >= 0.6 is 11.8 Å². The van der Waals surface area contributed by atoms with Crippen molar-refractivity contribution in [1.82, 2.24) is 15.0 Å². The molecule has 0 amide bonds. The standard InChI is InChI=1S/C13H18N4OS/c1-3-5-10-16-11(14-6-4-2)9-12(17-10)19-13-15-7-8-18-13/h7-9H,3-6H2,1-2H3,(H,14,16,17). The molecule has 0 fully saturated rings. The molecule has 0 aliphatic carbocycles. The molecular formula is C13H18N4OS. The highest BCUT2D eigenvalue weighted by molar-refractivity contribution is 7.99. The van der Waals surface area contributed by atoms with Gasteiger partial charge in [0.15, 0.2) is 0 Å². The zero-order valence-electron chi connectivity index (χ0n) is 11.2. The maximum absolute atomic E-state index is 5.23. The Balaban J connectivity index is 2.17. The quantitative estimate of drug-likeness (QED) is 0.783. The van der Waals surface area contributed by atoms with Gasteiger partial charge < -0.3 is 9.73 Å². The Kier molecular flexibility index (Phi) is 5.20. The van der Waals surface area contributed by atoms with Gasteiger partial charge in [-0.1, -0.05) is 13.8 Å². The topological polar surface area (TPSA) is 63.8 Å². The van der Waals surface area contributed by atoms with Crippen LogP contribution < -0.4 is 5.32 Å². The highest BCUT2D eigenvalue weighted by atomic mass is 32.2. The molecule has 102 valence electrons. The summed E-state index contributed by atoms with van der Waals surface area (Å²) in [5.41, 5.74) is 0. The molecule has 0 bridgehead atoms. The molecule has 6 heteroatoms. The summed E-state index contributed by atoms with van der Waals surface area (Å²) in [7, 11) is 0.